The van der Waals surface area contributed by atoms with E-state index in [0.29, 0.717) is 24.7 Å². The molecule has 0 bridgehead atoms. The molecular formula is C24H27N3O2. The van der Waals surface area contributed by atoms with E-state index in [-0.39, 0.29) is 0 Å². The first kappa shape index (κ1) is 20.5. The van der Waals surface area contributed by atoms with E-state index < -0.39 is 0 Å². The van der Waals surface area contributed by atoms with E-state index in [4.69, 9.17) is 14.7 Å². The van der Waals surface area contributed by atoms with E-state index in [0.717, 1.165) is 28.6 Å². The predicted octanol–water partition coefficient (Wildman–Crippen LogP) is 5.41. The van der Waals surface area contributed by atoms with Gasteiger partial charge in [0.2, 0.25) is 0 Å². The summed E-state index contributed by atoms with van der Waals surface area (Å²) in [7, 11) is 0. The van der Waals surface area contributed by atoms with Crippen LogP contribution in [-0.2, 0) is 0 Å². The zero-order valence-electron chi connectivity index (χ0n) is 17.3. The van der Waals surface area contributed by atoms with E-state index >= 15 is 0 Å². The van der Waals surface area contributed by atoms with Crippen molar-refractivity contribution in [2.45, 2.75) is 39.5 Å². The molecule has 5 nitrogen and oxygen atoms in total. The van der Waals surface area contributed by atoms with Crippen molar-refractivity contribution in [1.29, 1.82) is 5.26 Å². The van der Waals surface area contributed by atoms with Crippen molar-refractivity contribution in [3.63, 3.8) is 0 Å². The topological polar surface area (TPSA) is 60.1 Å². The number of benzene rings is 2. The highest BCUT2D eigenvalue weighted by atomic mass is 16.5. The Balaban J connectivity index is 0.00000117. The van der Waals surface area contributed by atoms with Crippen molar-refractivity contribution in [2.24, 2.45) is 0 Å². The van der Waals surface area contributed by atoms with Crippen LogP contribution >= 0.6 is 0 Å². The highest BCUT2D eigenvalue weighted by Gasteiger charge is 2.28. The Hall–Kier alpha value is -3.26. The predicted molar refractivity (Wildman–Crippen MR) is 114 cm³/mol. The Morgan fingerprint density at radius 2 is 1.90 bits per heavy atom. The van der Waals surface area contributed by atoms with Crippen molar-refractivity contribution in [3.8, 4) is 23.3 Å². The monoisotopic (exact) mass is 389 g/mol. The van der Waals surface area contributed by atoms with E-state index in [1.807, 2.05) is 63.5 Å². The summed E-state index contributed by atoms with van der Waals surface area (Å²) < 4.78 is 13.8. The van der Waals surface area contributed by atoms with Crippen molar-refractivity contribution in [2.75, 3.05) is 13.2 Å². The Bertz CT molecular complexity index is 984. The van der Waals surface area contributed by atoms with Crippen LogP contribution in [0.25, 0.3) is 5.69 Å². The Kier molecular flexibility index (Phi) is 6.91. The molecule has 29 heavy (non-hydrogen) atoms. The third-order valence-electron chi connectivity index (χ3n) is 4.62. The molecule has 0 atom stereocenters. The summed E-state index contributed by atoms with van der Waals surface area (Å²) in [6, 6.07) is 15.6. The van der Waals surface area contributed by atoms with Crippen LogP contribution in [0, 0.1) is 18.3 Å². The number of aromatic nitrogens is 2. The molecule has 0 unspecified atom stereocenters. The smallest absolute Gasteiger partial charge is 0.122 e. The fourth-order valence-corrected chi connectivity index (χ4v) is 3.09. The Morgan fingerprint density at radius 3 is 2.62 bits per heavy atom. The number of ether oxygens (including phenoxy) is 2. The summed E-state index contributed by atoms with van der Waals surface area (Å²) in [6.45, 7) is 6.82. The number of hydrogen-bond donors (Lipinski definition) is 0. The zero-order chi connectivity index (χ0) is 20.6. The molecule has 4 rings (SSSR count). The van der Waals surface area contributed by atoms with Gasteiger partial charge in [-0.1, -0.05) is 19.9 Å². The number of nitriles is 1. The van der Waals surface area contributed by atoms with Gasteiger partial charge in [-0.15, -0.1) is 0 Å². The van der Waals surface area contributed by atoms with Gasteiger partial charge in [0.1, 0.15) is 30.5 Å². The molecular weight excluding hydrogens is 362 g/mol. The molecule has 1 fully saturated rings. The SMILES string of the molecule is CC.Cc1cc(C#N)ccc1OCCOc1cccc(-n2ccnc2C2CC2)c1. The van der Waals surface area contributed by atoms with Gasteiger partial charge in [-0.2, -0.15) is 5.26 Å². The highest BCUT2D eigenvalue weighted by Crippen LogP contribution is 2.39. The van der Waals surface area contributed by atoms with Crippen LogP contribution in [0.15, 0.2) is 54.9 Å². The van der Waals surface area contributed by atoms with Gasteiger partial charge in [0, 0.05) is 24.4 Å². The van der Waals surface area contributed by atoms with Gasteiger partial charge < -0.3 is 14.0 Å². The first-order chi connectivity index (χ1) is 14.2. The molecule has 1 aliphatic carbocycles. The number of rotatable bonds is 7. The second-order valence-corrected chi connectivity index (χ2v) is 6.72. The maximum absolute atomic E-state index is 8.92. The summed E-state index contributed by atoms with van der Waals surface area (Å²) >= 11 is 0. The molecule has 1 heterocycles. The fourth-order valence-electron chi connectivity index (χ4n) is 3.09. The van der Waals surface area contributed by atoms with Crippen molar-refractivity contribution < 1.29 is 9.47 Å². The summed E-state index contributed by atoms with van der Waals surface area (Å²) in [5.74, 6) is 3.31. The minimum Gasteiger partial charge on any atom is -0.490 e. The first-order valence-electron chi connectivity index (χ1n) is 10.1. The van der Waals surface area contributed by atoms with Crippen molar-refractivity contribution in [1.82, 2.24) is 9.55 Å². The molecule has 0 aliphatic heterocycles. The second kappa shape index (κ2) is 9.79. The average Bonchev–Trinajstić information content (AvgIpc) is 3.49. The molecule has 150 valence electrons. The lowest BCUT2D eigenvalue weighted by Crippen LogP contribution is -2.10. The van der Waals surface area contributed by atoms with Gasteiger partial charge in [0.15, 0.2) is 0 Å². The molecule has 1 aromatic heterocycles. The maximum atomic E-state index is 8.92. The number of hydrogen-bond acceptors (Lipinski definition) is 4. The first-order valence-corrected chi connectivity index (χ1v) is 10.1. The number of nitrogens with zero attached hydrogens (tertiary/aromatic N) is 3. The van der Waals surface area contributed by atoms with E-state index in [1.165, 1.54) is 12.8 Å². The van der Waals surface area contributed by atoms with Gasteiger partial charge in [0.25, 0.3) is 0 Å². The van der Waals surface area contributed by atoms with E-state index in [9.17, 15) is 0 Å². The zero-order valence-corrected chi connectivity index (χ0v) is 17.3. The maximum Gasteiger partial charge on any atom is 0.122 e. The van der Waals surface area contributed by atoms with Gasteiger partial charge in [0.05, 0.1) is 17.3 Å². The summed E-state index contributed by atoms with van der Waals surface area (Å²) in [5, 5.41) is 8.92. The number of imidazole rings is 1. The minimum atomic E-state index is 0.440. The van der Waals surface area contributed by atoms with Gasteiger partial charge in [-0.25, -0.2) is 4.98 Å². The van der Waals surface area contributed by atoms with E-state index in [2.05, 4.69) is 21.7 Å². The summed E-state index contributed by atoms with van der Waals surface area (Å²) in [4.78, 5) is 4.50. The molecule has 1 aliphatic rings. The van der Waals surface area contributed by atoms with Crippen LogP contribution in [0.5, 0.6) is 11.5 Å². The lowest BCUT2D eigenvalue weighted by Gasteiger charge is -2.12. The Labute approximate surface area is 172 Å². The van der Waals surface area contributed by atoms with Gasteiger partial charge in [-0.05, 0) is 55.7 Å². The lowest BCUT2D eigenvalue weighted by atomic mass is 10.1. The van der Waals surface area contributed by atoms with Crippen molar-refractivity contribution in [3.05, 3.63) is 71.8 Å². The van der Waals surface area contributed by atoms with Gasteiger partial charge in [-0.3, -0.25) is 0 Å². The quantitative estimate of drug-likeness (QED) is 0.507. The largest absolute Gasteiger partial charge is 0.490 e. The second-order valence-electron chi connectivity index (χ2n) is 6.72. The van der Waals surface area contributed by atoms with Gasteiger partial charge >= 0.3 is 0 Å². The summed E-state index contributed by atoms with van der Waals surface area (Å²) in [6.07, 6.45) is 6.30. The number of aryl methyl sites for hydroxylation is 1. The average molecular weight is 389 g/mol. The molecule has 0 radical (unpaired) electrons. The van der Waals surface area contributed by atoms with Crippen LogP contribution in [0.4, 0.5) is 0 Å². The molecule has 0 amide bonds. The lowest BCUT2D eigenvalue weighted by molar-refractivity contribution is 0.216. The molecule has 2 aromatic carbocycles. The minimum absolute atomic E-state index is 0.440. The van der Waals surface area contributed by atoms with Crippen LogP contribution < -0.4 is 9.47 Å². The Morgan fingerprint density at radius 1 is 1.10 bits per heavy atom. The third kappa shape index (κ3) is 5.17. The summed E-state index contributed by atoms with van der Waals surface area (Å²) in [5.41, 5.74) is 2.65. The molecule has 0 saturated heterocycles. The van der Waals surface area contributed by atoms with Crippen LogP contribution in [0.3, 0.4) is 0 Å². The van der Waals surface area contributed by atoms with Crippen LogP contribution in [-0.4, -0.2) is 22.8 Å². The highest BCUT2D eigenvalue weighted by molar-refractivity contribution is 5.42. The fraction of sp³-hybridized carbons (Fsp3) is 0.333. The molecule has 1 saturated carbocycles. The van der Waals surface area contributed by atoms with Crippen LogP contribution in [0.2, 0.25) is 0 Å². The molecule has 5 heteroatoms. The van der Waals surface area contributed by atoms with E-state index in [1.54, 1.807) is 6.07 Å². The van der Waals surface area contributed by atoms with Crippen LogP contribution in [0.1, 0.15) is 49.6 Å². The molecule has 0 spiro atoms. The third-order valence-corrected chi connectivity index (χ3v) is 4.62. The molecule has 0 N–H and O–H groups in total. The standard InChI is InChI=1S/C22H21N3O2.C2H6/c1-16-13-17(15-23)5-8-21(16)27-12-11-26-20-4-2-3-19(14-20)25-10-9-24-22(25)18-6-7-18;1-2/h2-5,8-10,13-14,18H,6-7,11-12H2,1H3;1-2H3. The normalized spacial score (nSPS) is 12.5. The molecule has 3 aromatic rings. The van der Waals surface area contributed by atoms with Crippen molar-refractivity contribution >= 4 is 0 Å².